The van der Waals surface area contributed by atoms with Gasteiger partial charge in [-0.1, -0.05) is 6.07 Å². The van der Waals surface area contributed by atoms with Crippen LogP contribution in [0.2, 0.25) is 0 Å². The predicted molar refractivity (Wildman–Crippen MR) is 71.2 cm³/mol. The summed E-state index contributed by atoms with van der Waals surface area (Å²) < 4.78 is 37.8. The number of aromatic nitrogens is 2. The van der Waals surface area contributed by atoms with Crippen molar-refractivity contribution in [3.63, 3.8) is 0 Å². The zero-order chi connectivity index (χ0) is 14.9. The Balaban J connectivity index is 2.49. The highest BCUT2D eigenvalue weighted by atomic mass is 19.4. The van der Waals surface area contributed by atoms with E-state index in [4.69, 9.17) is 5.73 Å². The van der Waals surface area contributed by atoms with E-state index in [9.17, 15) is 13.2 Å². The number of alkyl halides is 3. The number of halogens is 3. The lowest BCUT2D eigenvalue weighted by atomic mass is 10.0. The summed E-state index contributed by atoms with van der Waals surface area (Å²) in [5, 5.41) is 10.7. The molecule has 0 radical (unpaired) electrons. The molecule has 1 heterocycles. The Morgan fingerprint density at radius 1 is 1.15 bits per heavy atom. The number of hydrogen-bond acceptors (Lipinski definition) is 4. The largest absolute Gasteiger partial charge is 0.416 e. The van der Waals surface area contributed by atoms with Crippen LogP contribution in [-0.2, 0) is 6.18 Å². The molecule has 0 saturated heterocycles. The molecule has 2 rings (SSSR count). The van der Waals surface area contributed by atoms with Gasteiger partial charge in [0, 0.05) is 18.3 Å². The second-order valence-electron chi connectivity index (χ2n) is 4.31. The number of nitrogen functional groups attached to an aromatic ring is 1. The normalized spacial score (nSPS) is 11.4. The molecule has 0 saturated carbocycles. The number of rotatable bonds is 2. The number of benzene rings is 1. The molecule has 7 heteroatoms. The van der Waals surface area contributed by atoms with Crippen molar-refractivity contribution in [2.24, 2.45) is 0 Å². The second kappa shape index (κ2) is 4.99. The van der Waals surface area contributed by atoms with E-state index in [1.54, 1.807) is 20.0 Å². The van der Waals surface area contributed by atoms with Crippen molar-refractivity contribution in [1.82, 2.24) is 10.2 Å². The van der Waals surface area contributed by atoms with Gasteiger partial charge < -0.3 is 11.1 Å². The van der Waals surface area contributed by atoms with Crippen molar-refractivity contribution >= 4 is 11.5 Å². The van der Waals surface area contributed by atoms with Crippen molar-refractivity contribution in [1.29, 1.82) is 0 Å². The molecule has 0 aliphatic rings. The predicted octanol–water partition coefficient (Wildman–Crippen LogP) is 3.09. The summed E-state index contributed by atoms with van der Waals surface area (Å²) in [6.45, 7) is 1.79. The summed E-state index contributed by atoms with van der Waals surface area (Å²) in [6.07, 6.45) is -4.41. The van der Waals surface area contributed by atoms with Gasteiger partial charge in [0.2, 0.25) is 0 Å². The average molecular weight is 282 g/mol. The highest BCUT2D eigenvalue weighted by Gasteiger charge is 2.31. The van der Waals surface area contributed by atoms with Gasteiger partial charge in [0.15, 0.2) is 0 Å². The third-order valence-electron chi connectivity index (χ3n) is 2.87. The number of nitrogens with one attached hydrogen (secondary N) is 1. The highest BCUT2D eigenvalue weighted by Crippen LogP contribution is 2.34. The van der Waals surface area contributed by atoms with Crippen molar-refractivity contribution in [2.75, 3.05) is 18.1 Å². The molecule has 1 aromatic heterocycles. The van der Waals surface area contributed by atoms with Crippen LogP contribution in [0, 0.1) is 6.92 Å². The number of hydrogen-bond donors (Lipinski definition) is 2. The Morgan fingerprint density at radius 3 is 2.35 bits per heavy atom. The fourth-order valence-corrected chi connectivity index (χ4v) is 1.83. The molecule has 2 aromatic rings. The van der Waals surface area contributed by atoms with E-state index in [1.165, 1.54) is 6.07 Å². The maximum absolute atomic E-state index is 12.6. The molecule has 3 N–H and O–H groups in total. The fourth-order valence-electron chi connectivity index (χ4n) is 1.83. The topological polar surface area (TPSA) is 63.8 Å². The summed E-state index contributed by atoms with van der Waals surface area (Å²) >= 11 is 0. The van der Waals surface area contributed by atoms with Crippen LogP contribution < -0.4 is 11.1 Å². The summed E-state index contributed by atoms with van der Waals surface area (Å²) in [5.74, 6) is 0.580. The van der Waals surface area contributed by atoms with E-state index in [2.05, 4.69) is 15.5 Å². The van der Waals surface area contributed by atoms with Gasteiger partial charge in [0.1, 0.15) is 5.82 Å². The maximum Gasteiger partial charge on any atom is 0.416 e. The minimum Gasteiger partial charge on any atom is -0.398 e. The van der Waals surface area contributed by atoms with E-state index >= 15 is 0 Å². The summed E-state index contributed by atoms with van der Waals surface area (Å²) in [4.78, 5) is 0. The summed E-state index contributed by atoms with van der Waals surface area (Å²) in [7, 11) is 1.70. The Bertz CT molecular complexity index is 638. The lowest BCUT2D eigenvalue weighted by molar-refractivity contribution is -0.137. The van der Waals surface area contributed by atoms with Gasteiger partial charge in [0.25, 0.3) is 0 Å². The van der Waals surface area contributed by atoms with Crippen LogP contribution in [0.25, 0.3) is 11.3 Å². The SMILES string of the molecule is CNc1cc(C)c(-c2ccc(C(F)(F)F)cc2N)nn1. The number of aryl methyl sites for hydroxylation is 1. The smallest absolute Gasteiger partial charge is 0.398 e. The number of nitrogens with two attached hydrogens (primary N) is 1. The Labute approximate surface area is 113 Å². The molecule has 0 unspecified atom stereocenters. The highest BCUT2D eigenvalue weighted by molar-refractivity contribution is 5.76. The maximum atomic E-state index is 12.6. The van der Waals surface area contributed by atoms with E-state index in [0.29, 0.717) is 17.1 Å². The lowest BCUT2D eigenvalue weighted by Crippen LogP contribution is -2.06. The zero-order valence-corrected chi connectivity index (χ0v) is 10.9. The van der Waals surface area contributed by atoms with Gasteiger partial charge in [-0.3, -0.25) is 0 Å². The van der Waals surface area contributed by atoms with Crippen molar-refractivity contribution in [3.05, 3.63) is 35.4 Å². The first-order chi connectivity index (χ1) is 9.32. The monoisotopic (exact) mass is 282 g/mol. The minimum absolute atomic E-state index is 0.0226. The van der Waals surface area contributed by atoms with Crippen LogP contribution in [0.3, 0.4) is 0 Å². The number of anilines is 2. The van der Waals surface area contributed by atoms with Crippen molar-refractivity contribution in [3.8, 4) is 11.3 Å². The van der Waals surface area contributed by atoms with Crippen LogP contribution in [0.5, 0.6) is 0 Å². The molecule has 0 fully saturated rings. The third-order valence-corrected chi connectivity index (χ3v) is 2.87. The van der Waals surface area contributed by atoms with Crippen LogP contribution in [0.1, 0.15) is 11.1 Å². The Kier molecular flexibility index (Phi) is 3.52. The Morgan fingerprint density at radius 2 is 1.85 bits per heavy atom. The van der Waals surface area contributed by atoms with Gasteiger partial charge in [-0.05, 0) is 30.7 Å². The molecule has 0 aliphatic carbocycles. The minimum atomic E-state index is -4.41. The van der Waals surface area contributed by atoms with Crippen LogP contribution in [0.15, 0.2) is 24.3 Å². The van der Waals surface area contributed by atoms with Gasteiger partial charge in [-0.15, -0.1) is 10.2 Å². The van der Waals surface area contributed by atoms with Crippen molar-refractivity contribution < 1.29 is 13.2 Å². The first kappa shape index (κ1) is 14.1. The van der Waals surface area contributed by atoms with Crippen LogP contribution in [0.4, 0.5) is 24.7 Å². The summed E-state index contributed by atoms with van der Waals surface area (Å²) in [6, 6.07) is 4.95. The van der Waals surface area contributed by atoms with E-state index in [1.807, 2.05) is 0 Å². The van der Waals surface area contributed by atoms with E-state index in [0.717, 1.165) is 17.7 Å². The Hall–Kier alpha value is -2.31. The van der Waals surface area contributed by atoms with Gasteiger partial charge in [-0.2, -0.15) is 13.2 Å². The molecular formula is C13H13F3N4. The number of nitrogens with zero attached hydrogens (tertiary/aromatic N) is 2. The first-order valence-electron chi connectivity index (χ1n) is 5.82. The second-order valence-corrected chi connectivity index (χ2v) is 4.31. The molecular weight excluding hydrogens is 269 g/mol. The molecule has 20 heavy (non-hydrogen) atoms. The van der Waals surface area contributed by atoms with Crippen molar-refractivity contribution in [2.45, 2.75) is 13.1 Å². The third kappa shape index (κ3) is 2.66. The standard InChI is InChI=1S/C13H13F3N4/c1-7-5-11(18-2)19-20-12(7)9-4-3-8(6-10(9)17)13(14,15)16/h3-6H,17H2,1-2H3,(H,18,19). The first-order valence-corrected chi connectivity index (χ1v) is 5.82. The zero-order valence-electron chi connectivity index (χ0n) is 10.9. The van der Waals surface area contributed by atoms with Crippen LogP contribution in [-0.4, -0.2) is 17.2 Å². The van der Waals surface area contributed by atoms with E-state index < -0.39 is 11.7 Å². The van der Waals surface area contributed by atoms with Gasteiger partial charge in [-0.25, -0.2) is 0 Å². The molecule has 4 nitrogen and oxygen atoms in total. The summed E-state index contributed by atoms with van der Waals surface area (Å²) in [5.41, 5.74) is 6.62. The molecule has 1 aromatic carbocycles. The average Bonchev–Trinajstić information content (AvgIpc) is 2.38. The van der Waals surface area contributed by atoms with Gasteiger partial charge >= 0.3 is 6.18 Å². The quantitative estimate of drug-likeness (QED) is 0.831. The fraction of sp³-hybridized carbons (Fsp3) is 0.231. The van der Waals surface area contributed by atoms with Crippen LogP contribution >= 0.6 is 0 Å². The molecule has 0 atom stereocenters. The molecule has 0 bridgehead atoms. The molecule has 0 amide bonds. The molecule has 106 valence electrons. The van der Waals surface area contributed by atoms with Gasteiger partial charge in [0.05, 0.1) is 11.3 Å². The van der Waals surface area contributed by atoms with E-state index in [-0.39, 0.29) is 5.69 Å². The molecule has 0 spiro atoms. The lowest BCUT2D eigenvalue weighted by Gasteiger charge is -2.12. The molecule has 0 aliphatic heterocycles.